The summed E-state index contributed by atoms with van der Waals surface area (Å²) in [6.45, 7) is 0. The normalized spacial score (nSPS) is 10.4. The van der Waals surface area contributed by atoms with Gasteiger partial charge in [0.05, 0.1) is 0 Å². The van der Waals surface area contributed by atoms with E-state index in [1.807, 2.05) is 54.6 Å². The number of halogens is 1. The number of anilines is 1. The minimum absolute atomic E-state index is 0.167. The van der Waals surface area contributed by atoms with Gasteiger partial charge in [0, 0.05) is 15.5 Å². The molecule has 0 spiro atoms. The highest BCUT2D eigenvalue weighted by Crippen LogP contribution is 2.17. The van der Waals surface area contributed by atoms with Crippen molar-refractivity contribution in [2.45, 2.75) is 12.8 Å². The first-order chi connectivity index (χ1) is 11.7. The van der Waals surface area contributed by atoms with E-state index in [9.17, 15) is 4.79 Å². The number of nitrogens with zero attached hydrogens (tertiary/aromatic N) is 1. The zero-order valence-corrected chi connectivity index (χ0v) is 15.2. The van der Waals surface area contributed by atoms with Crippen LogP contribution in [0.3, 0.4) is 0 Å². The van der Waals surface area contributed by atoms with Crippen LogP contribution >= 0.6 is 22.6 Å². The van der Waals surface area contributed by atoms with Crippen molar-refractivity contribution in [1.29, 1.82) is 0 Å². The van der Waals surface area contributed by atoms with Crippen molar-refractivity contribution in [2.75, 3.05) is 5.32 Å². The number of aromatic nitrogens is 1. The Balaban J connectivity index is 1.75. The summed E-state index contributed by atoms with van der Waals surface area (Å²) in [7, 11) is 0. The second-order valence-corrected chi connectivity index (χ2v) is 6.58. The zero-order chi connectivity index (χ0) is 16.8. The second kappa shape index (κ2) is 8.06. The molecule has 0 radical (unpaired) electrons. The quantitative estimate of drug-likeness (QED) is 0.598. The first-order valence-corrected chi connectivity index (χ1v) is 8.85. The smallest absolute Gasteiger partial charge is 0.274 e. The molecular weight excluding hydrogens is 411 g/mol. The minimum atomic E-state index is -0.167. The lowest BCUT2D eigenvalue weighted by atomic mass is 10.0. The summed E-state index contributed by atoms with van der Waals surface area (Å²) >= 11 is 2.35. The number of carbonyl (C=O) groups is 1. The number of amides is 1. The largest absolute Gasteiger partial charge is 0.321 e. The molecule has 24 heavy (non-hydrogen) atoms. The van der Waals surface area contributed by atoms with Crippen molar-refractivity contribution in [1.82, 2.24) is 4.98 Å². The van der Waals surface area contributed by atoms with E-state index < -0.39 is 0 Å². The fourth-order valence-electron chi connectivity index (χ4n) is 2.53. The van der Waals surface area contributed by atoms with Crippen LogP contribution in [0.25, 0.3) is 0 Å². The first kappa shape index (κ1) is 16.6. The lowest BCUT2D eigenvalue weighted by Gasteiger charge is -2.10. The lowest BCUT2D eigenvalue weighted by molar-refractivity contribution is 0.102. The summed E-state index contributed by atoms with van der Waals surface area (Å²) in [5, 5.41) is 2.91. The summed E-state index contributed by atoms with van der Waals surface area (Å²) in [5.74, 6) is -0.167. The Labute approximate surface area is 155 Å². The van der Waals surface area contributed by atoms with Crippen LogP contribution in [0.2, 0.25) is 0 Å². The summed E-state index contributed by atoms with van der Waals surface area (Å²) in [6.07, 6.45) is 3.33. The number of benzene rings is 2. The Bertz CT molecular complexity index is 834. The SMILES string of the molecule is O=C(Nc1ccccc1)c1ncccc1CCc1ccccc1I. The molecule has 0 atom stereocenters. The molecule has 0 bridgehead atoms. The van der Waals surface area contributed by atoms with Crippen LogP contribution in [0, 0.1) is 3.57 Å². The van der Waals surface area contributed by atoms with Crippen molar-refractivity contribution >= 4 is 34.2 Å². The first-order valence-electron chi connectivity index (χ1n) is 7.78. The van der Waals surface area contributed by atoms with Gasteiger partial charge >= 0.3 is 0 Å². The van der Waals surface area contributed by atoms with Crippen molar-refractivity contribution in [3.63, 3.8) is 0 Å². The van der Waals surface area contributed by atoms with Gasteiger partial charge in [-0.15, -0.1) is 0 Å². The molecule has 4 heteroatoms. The molecule has 2 aromatic carbocycles. The Morgan fingerprint density at radius 1 is 0.875 bits per heavy atom. The van der Waals surface area contributed by atoms with Crippen LogP contribution in [0.5, 0.6) is 0 Å². The molecule has 3 nitrogen and oxygen atoms in total. The molecule has 1 amide bonds. The number of hydrogen-bond donors (Lipinski definition) is 1. The number of nitrogens with one attached hydrogen (secondary N) is 1. The van der Waals surface area contributed by atoms with Crippen LogP contribution < -0.4 is 5.32 Å². The van der Waals surface area contributed by atoms with E-state index in [0.717, 1.165) is 24.1 Å². The molecule has 0 aliphatic heterocycles. The number of para-hydroxylation sites is 1. The highest BCUT2D eigenvalue weighted by Gasteiger charge is 2.13. The van der Waals surface area contributed by atoms with Crippen LogP contribution in [-0.2, 0) is 12.8 Å². The maximum atomic E-state index is 12.5. The average molecular weight is 428 g/mol. The molecule has 1 heterocycles. The van der Waals surface area contributed by atoms with Gasteiger partial charge in [-0.25, -0.2) is 0 Å². The molecule has 3 rings (SSSR count). The Hall–Kier alpha value is -2.21. The Kier molecular flexibility index (Phi) is 5.59. The zero-order valence-electron chi connectivity index (χ0n) is 13.1. The third-order valence-corrected chi connectivity index (χ3v) is 4.81. The molecule has 0 aliphatic carbocycles. The van der Waals surface area contributed by atoms with Gasteiger partial charge in [0.25, 0.3) is 5.91 Å². The van der Waals surface area contributed by atoms with Gasteiger partial charge in [-0.05, 0) is 70.8 Å². The van der Waals surface area contributed by atoms with E-state index in [1.165, 1.54) is 9.13 Å². The van der Waals surface area contributed by atoms with Crippen LogP contribution in [0.4, 0.5) is 5.69 Å². The average Bonchev–Trinajstić information content (AvgIpc) is 2.62. The van der Waals surface area contributed by atoms with Crippen molar-refractivity contribution in [2.24, 2.45) is 0 Å². The fraction of sp³-hybridized carbons (Fsp3) is 0.100. The van der Waals surface area contributed by atoms with E-state index in [-0.39, 0.29) is 5.91 Å². The second-order valence-electron chi connectivity index (χ2n) is 5.42. The van der Waals surface area contributed by atoms with Crippen molar-refractivity contribution < 1.29 is 4.79 Å². The lowest BCUT2D eigenvalue weighted by Crippen LogP contribution is -2.16. The third kappa shape index (κ3) is 4.20. The van der Waals surface area contributed by atoms with E-state index in [1.54, 1.807) is 6.20 Å². The Morgan fingerprint density at radius 2 is 1.54 bits per heavy atom. The van der Waals surface area contributed by atoms with Crippen LogP contribution in [0.1, 0.15) is 21.6 Å². The van der Waals surface area contributed by atoms with Crippen LogP contribution in [0.15, 0.2) is 72.9 Å². The van der Waals surface area contributed by atoms with Gasteiger partial charge in [0.15, 0.2) is 0 Å². The maximum Gasteiger partial charge on any atom is 0.274 e. The molecule has 1 N–H and O–H groups in total. The molecule has 120 valence electrons. The van der Waals surface area contributed by atoms with Gasteiger partial charge in [-0.1, -0.05) is 42.5 Å². The molecule has 3 aromatic rings. The molecular formula is C20H17IN2O. The monoisotopic (exact) mass is 428 g/mol. The molecule has 0 fully saturated rings. The number of hydrogen-bond acceptors (Lipinski definition) is 2. The van der Waals surface area contributed by atoms with Gasteiger partial charge in [-0.2, -0.15) is 0 Å². The van der Waals surface area contributed by atoms with Gasteiger partial charge in [-0.3, -0.25) is 9.78 Å². The van der Waals surface area contributed by atoms with Crippen LogP contribution in [-0.4, -0.2) is 10.9 Å². The fourth-order valence-corrected chi connectivity index (χ4v) is 3.18. The minimum Gasteiger partial charge on any atom is -0.321 e. The van der Waals surface area contributed by atoms with E-state index >= 15 is 0 Å². The molecule has 0 saturated carbocycles. The predicted octanol–water partition coefficient (Wildman–Crippen LogP) is 4.72. The van der Waals surface area contributed by atoms with Crippen molar-refractivity contribution in [3.8, 4) is 0 Å². The van der Waals surface area contributed by atoms with E-state index in [0.29, 0.717) is 5.69 Å². The number of pyridine rings is 1. The highest BCUT2D eigenvalue weighted by atomic mass is 127. The Morgan fingerprint density at radius 3 is 2.33 bits per heavy atom. The third-order valence-electron chi connectivity index (χ3n) is 3.76. The van der Waals surface area contributed by atoms with Gasteiger partial charge < -0.3 is 5.32 Å². The predicted molar refractivity (Wildman–Crippen MR) is 105 cm³/mol. The summed E-state index contributed by atoms with van der Waals surface area (Å²) < 4.78 is 1.24. The summed E-state index contributed by atoms with van der Waals surface area (Å²) in [5.41, 5.74) is 3.52. The standard InChI is InChI=1S/C20H17IN2O/c21-18-11-5-4-7-15(18)12-13-16-8-6-14-22-19(16)20(24)23-17-9-2-1-3-10-17/h1-11,14H,12-13H2,(H,23,24). The molecule has 0 saturated heterocycles. The molecule has 1 aromatic heterocycles. The molecule has 0 unspecified atom stereocenters. The number of carbonyl (C=O) groups excluding carboxylic acids is 1. The van der Waals surface area contributed by atoms with E-state index in [4.69, 9.17) is 0 Å². The summed E-state index contributed by atoms with van der Waals surface area (Å²) in [4.78, 5) is 16.8. The highest BCUT2D eigenvalue weighted by molar-refractivity contribution is 14.1. The van der Waals surface area contributed by atoms with Gasteiger partial charge in [0.1, 0.15) is 5.69 Å². The number of aryl methyl sites for hydroxylation is 2. The molecule has 0 aliphatic rings. The summed E-state index contributed by atoms with van der Waals surface area (Å²) in [6, 6.07) is 21.6. The topological polar surface area (TPSA) is 42.0 Å². The van der Waals surface area contributed by atoms with E-state index in [2.05, 4.69) is 45.0 Å². The maximum absolute atomic E-state index is 12.5. The van der Waals surface area contributed by atoms with Gasteiger partial charge in [0.2, 0.25) is 0 Å². The van der Waals surface area contributed by atoms with Crippen molar-refractivity contribution in [3.05, 3.63) is 93.3 Å². The number of rotatable bonds is 5.